The number of likely N-dealkylation sites (N-methyl/N-ethyl adjacent to an activating group) is 1. The van der Waals surface area contributed by atoms with Gasteiger partial charge in [0, 0.05) is 61.9 Å². The highest BCUT2D eigenvalue weighted by molar-refractivity contribution is 5.84. The molecular weight excluding hydrogens is 576 g/mol. The molecule has 0 radical (unpaired) electrons. The SMILES string of the molecule is Cc1cc(C2CCCC2)cnc1-c1cc2cnc(Nc3ccc(N(C)C4CCCNC4)cc3)nc2n(CC(=O)N2CCCC2)c1=O. The Morgan fingerprint density at radius 3 is 2.50 bits per heavy atom. The number of rotatable bonds is 8. The number of hydrogen-bond acceptors (Lipinski definition) is 8. The first kappa shape index (κ1) is 30.3. The lowest BCUT2D eigenvalue weighted by Crippen LogP contribution is -2.44. The van der Waals surface area contributed by atoms with Crippen LogP contribution in [-0.2, 0) is 11.3 Å². The number of hydrogen-bond donors (Lipinski definition) is 2. The number of benzene rings is 1. The molecule has 2 N–H and O–H groups in total. The third kappa shape index (κ3) is 6.23. The van der Waals surface area contributed by atoms with Crippen LogP contribution in [0.3, 0.4) is 0 Å². The molecule has 1 saturated carbocycles. The van der Waals surface area contributed by atoms with Crippen molar-refractivity contribution < 1.29 is 4.79 Å². The predicted molar refractivity (Wildman–Crippen MR) is 183 cm³/mol. The lowest BCUT2D eigenvalue weighted by molar-refractivity contribution is -0.130. The smallest absolute Gasteiger partial charge is 0.262 e. The Morgan fingerprint density at radius 2 is 1.78 bits per heavy atom. The van der Waals surface area contributed by atoms with Gasteiger partial charge < -0.3 is 20.4 Å². The highest BCUT2D eigenvalue weighted by Crippen LogP contribution is 2.35. The normalized spacial score (nSPS) is 18.7. The molecule has 2 saturated heterocycles. The number of carbonyl (C=O) groups is 1. The van der Waals surface area contributed by atoms with Crippen molar-refractivity contribution in [2.75, 3.05) is 43.4 Å². The van der Waals surface area contributed by atoms with E-state index in [1.807, 2.05) is 36.2 Å². The summed E-state index contributed by atoms with van der Waals surface area (Å²) in [6, 6.07) is 12.7. The molecule has 0 bridgehead atoms. The van der Waals surface area contributed by atoms with E-state index >= 15 is 0 Å². The first-order valence-electron chi connectivity index (χ1n) is 16.9. The quantitative estimate of drug-likeness (QED) is 0.271. The summed E-state index contributed by atoms with van der Waals surface area (Å²) < 4.78 is 1.51. The zero-order valence-corrected chi connectivity index (χ0v) is 27.0. The van der Waals surface area contributed by atoms with Gasteiger partial charge in [0.2, 0.25) is 11.9 Å². The number of pyridine rings is 2. The molecule has 0 spiro atoms. The number of nitrogens with zero attached hydrogens (tertiary/aromatic N) is 6. The Bertz CT molecular complexity index is 1770. The van der Waals surface area contributed by atoms with Crippen molar-refractivity contribution in [3.63, 3.8) is 0 Å². The van der Waals surface area contributed by atoms with Gasteiger partial charge in [0.25, 0.3) is 5.56 Å². The topological polar surface area (TPSA) is 108 Å². The van der Waals surface area contributed by atoms with Gasteiger partial charge >= 0.3 is 0 Å². The monoisotopic (exact) mass is 620 g/mol. The summed E-state index contributed by atoms with van der Waals surface area (Å²) in [6.07, 6.45) is 12.9. The lowest BCUT2D eigenvalue weighted by Gasteiger charge is -2.33. The number of anilines is 3. The average molecular weight is 621 g/mol. The van der Waals surface area contributed by atoms with E-state index in [1.54, 1.807) is 6.20 Å². The first-order chi connectivity index (χ1) is 22.4. The van der Waals surface area contributed by atoms with Crippen LogP contribution in [-0.4, -0.2) is 69.6 Å². The summed E-state index contributed by atoms with van der Waals surface area (Å²) >= 11 is 0. The van der Waals surface area contributed by atoms with Gasteiger partial charge in [-0.15, -0.1) is 0 Å². The minimum atomic E-state index is -0.265. The number of aromatic nitrogens is 4. The number of amides is 1. The molecule has 5 heterocycles. The number of nitrogens with one attached hydrogen (secondary N) is 2. The highest BCUT2D eigenvalue weighted by atomic mass is 16.2. The van der Waals surface area contributed by atoms with Gasteiger partial charge in [-0.25, -0.2) is 4.98 Å². The van der Waals surface area contributed by atoms with Crippen molar-refractivity contribution in [1.82, 2.24) is 29.7 Å². The molecule has 1 atom stereocenters. The van der Waals surface area contributed by atoms with Crippen LogP contribution in [0.2, 0.25) is 0 Å². The number of likely N-dealkylation sites (tertiary alicyclic amines) is 1. The van der Waals surface area contributed by atoms with Gasteiger partial charge in [0.05, 0.1) is 11.3 Å². The summed E-state index contributed by atoms with van der Waals surface area (Å²) in [4.78, 5) is 46.0. The van der Waals surface area contributed by atoms with E-state index in [1.165, 1.54) is 48.7 Å². The molecule has 1 unspecified atom stereocenters. The van der Waals surface area contributed by atoms with Crippen LogP contribution in [0.1, 0.15) is 68.4 Å². The van der Waals surface area contributed by atoms with E-state index in [2.05, 4.69) is 45.8 Å². The third-order valence-electron chi connectivity index (χ3n) is 10.1. The molecule has 10 nitrogen and oxygen atoms in total. The number of piperidine rings is 1. The fourth-order valence-corrected chi connectivity index (χ4v) is 7.38. The van der Waals surface area contributed by atoms with Gasteiger partial charge in [-0.2, -0.15) is 4.98 Å². The Balaban J connectivity index is 1.21. The molecular formula is C36H44N8O2. The van der Waals surface area contributed by atoms with E-state index in [0.717, 1.165) is 56.0 Å². The maximum atomic E-state index is 14.2. The zero-order chi connectivity index (χ0) is 31.6. The summed E-state index contributed by atoms with van der Waals surface area (Å²) in [5, 5.41) is 7.48. The van der Waals surface area contributed by atoms with Crippen molar-refractivity contribution in [2.24, 2.45) is 0 Å². The molecule has 240 valence electrons. The fourth-order valence-electron chi connectivity index (χ4n) is 7.38. The minimum Gasteiger partial charge on any atom is -0.370 e. The van der Waals surface area contributed by atoms with Gasteiger partial charge in [-0.05, 0) is 99.4 Å². The highest BCUT2D eigenvalue weighted by Gasteiger charge is 2.24. The molecule has 3 aliphatic rings. The molecule has 1 aromatic carbocycles. The van der Waals surface area contributed by atoms with E-state index in [0.29, 0.717) is 40.2 Å². The van der Waals surface area contributed by atoms with Crippen LogP contribution in [0.5, 0.6) is 0 Å². The number of fused-ring (bicyclic) bond motifs is 1. The summed E-state index contributed by atoms with van der Waals surface area (Å²) in [6.45, 7) is 5.47. The first-order valence-corrected chi connectivity index (χ1v) is 16.9. The third-order valence-corrected chi connectivity index (χ3v) is 10.1. The van der Waals surface area contributed by atoms with E-state index in [-0.39, 0.29) is 18.0 Å². The molecule has 1 amide bonds. The minimum absolute atomic E-state index is 0.0692. The Labute approximate surface area is 270 Å². The molecule has 4 aromatic rings. The average Bonchev–Trinajstić information content (AvgIpc) is 3.83. The van der Waals surface area contributed by atoms with Crippen molar-refractivity contribution in [3.05, 3.63) is 70.3 Å². The molecule has 10 heteroatoms. The van der Waals surface area contributed by atoms with Crippen molar-refractivity contribution in [3.8, 4) is 11.3 Å². The van der Waals surface area contributed by atoms with E-state index in [9.17, 15) is 9.59 Å². The van der Waals surface area contributed by atoms with Gasteiger partial charge in [0.15, 0.2) is 0 Å². The second kappa shape index (κ2) is 13.2. The van der Waals surface area contributed by atoms with Gasteiger partial charge in [-0.3, -0.25) is 19.1 Å². The number of aryl methyl sites for hydroxylation is 1. The van der Waals surface area contributed by atoms with Crippen molar-refractivity contribution >= 4 is 34.3 Å². The predicted octanol–water partition coefficient (Wildman–Crippen LogP) is 5.37. The maximum Gasteiger partial charge on any atom is 0.262 e. The van der Waals surface area contributed by atoms with E-state index < -0.39 is 0 Å². The number of carbonyl (C=O) groups excluding carboxylic acids is 1. The second-order valence-electron chi connectivity index (χ2n) is 13.2. The largest absolute Gasteiger partial charge is 0.370 e. The summed E-state index contributed by atoms with van der Waals surface area (Å²) in [5.41, 5.74) is 5.49. The van der Waals surface area contributed by atoms with Crippen molar-refractivity contribution in [2.45, 2.75) is 76.8 Å². The van der Waals surface area contributed by atoms with Crippen LogP contribution in [0, 0.1) is 6.92 Å². The fraction of sp³-hybridized carbons (Fsp3) is 0.472. The molecule has 3 fully saturated rings. The van der Waals surface area contributed by atoms with Crippen LogP contribution in [0.15, 0.2) is 53.6 Å². The van der Waals surface area contributed by atoms with Crippen LogP contribution in [0.4, 0.5) is 17.3 Å². The molecule has 7 rings (SSSR count). The van der Waals surface area contributed by atoms with E-state index in [4.69, 9.17) is 9.97 Å². The Hall–Kier alpha value is -4.31. The standard InChI is InChI=1S/C36H44N8O2/c1-24-18-26(25-8-3-4-9-25)20-38-33(24)31-19-27-21-39-36(41-34(27)44(35(31)46)23-32(45)43-16-5-6-17-43)40-28-11-13-29(14-12-28)42(2)30-10-7-15-37-22-30/h11-14,18-21,25,30,37H,3-10,15-17,22-23H2,1-2H3,(H,39,40,41). The molecule has 3 aromatic heterocycles. The van der Waals surface area contributed by atoms with Crippen molar-refractivity contribution in [1.29, 1.82) is 0 Å². The Morgan fingerprint density at radius 1 is 1.00 bits per heavy atom. The van der Waals surface area contributed by atoms with Crippen LogP contribution >= 0.6 is 0 Å². The van der Waals surface area contributed by atoms with Gasteiger partial charge in [0.1, 0.15) is 12.2 Å². The lowest BCUT2D eigenvalue weighted by atomic mass is 9.96. The second-order valence-corrected chi connectivity index (χ2v) is 13.2. The Kier molecular flexibility index (Phi) is 8.71. The van der Waals surface area contributed by atoms with Crippen LogP contribution < -0.4 is 21.1 Å². The summed E-state index contributed by atoms with van der Waals surface area (Å²) in [7, 11) is 2.14. The maximum absolute atomic E-state index is 14.2. The zero-order valence-electron chi connectivity index (χ0n) is 27.0. The molecule has 2 aliphatic heterocycles. The molecule has 1 aliphatic carbocycles. The summed E-state index contributed by atoms with van der Waals surface area (Å²) in [5.74, 6) is 0.840. The van der Waals surface area contributed by atoms with Gasteiger partial charge in [-0.1, -0.05) is 18.9 Å². The molecule has 46 heavy (non-hydrogen) atoms. The van der Waals surface area contributed by atoms with Crippen LogP contribution in [0.25, 0.3) is 22.3 Å².